The largest absolute Gasteiger partial charge is 0.298 e. The SMILES string of the molecule is CCc1c(C(=O)Nc2nc(CN3CCCCC3)cs2)cnn1-c1ccccc1. The second-order valence-electron chi connectivity index (χ2n) is 7.04. The highest BCUT2D eigenvalue weighted by Crippen LogP contribution is 2.21. The summed E-state index contributed by atoms with van der Waals surface area (Å²) in [4.78, 5) is 19.9. The number of aromatic nitrogens is 3. The Bertz CT molecular complexity index is 927. The monoisotopic (exact) mass is 395 g/mol. The zero-order valence-electron chi connectivity index (χ0n) is 16.1. The van der Waals surface area contributed by atoms with Crippen LogP contribution in [0.5, 0.6) is 0 Å². The zero-order valence-corrected chi connectivity index (χ0v) is 16.9. The summed E-state index contributed by atoms with van der Waals surface area (Å²) in [6.07, 6.45) is 6.21. The van der Waals surface area contributed by atoms with Crippen LogP contribution in [0.25, 0.3) is 5.69 Å². The van der Waals surface area contributed by atoms with Crippen molar-refractivity contribution in [3.8, 4) is 5.69 Å². The van der Waals surface area contributed by atoms with Crippen LogP contribution in [-0.4, -0.2) is 38.7 Å². The molecule has 146 valence electrons. The Balaban J connectivity index is 1.46. The van der Waals surface area contributed by atoms with Gasteiger partial charge in [-0.1, -0.05) is 31.5 Å². The molecule has 0 radical (unpaired) electrons. The number of nitrogens with one attached hydrogen (secondary N) is 1. The molecule has 3 heterocycles. The molecule has 4 rings (SSSR count). The van der Waals surface area contributed by atoms with E-state index in [1.807, 2.05) is 47.3 Å². The number of piperidine rings is 1. The van der Waals surface area contributed by atoms with Gasteiger partial charge in [-0.2, -0.15) is 5.10 Å². The topological polar surface area (TPSA) is 63.1 Å². The molecule has 0 unspecified atom stereocenters. The molecule has 0 aliphatic carbocycles. The van der Waals surface area contributed by atoms with Gasteiger partial charge in [0.1, 0.15) is 0 Å². The van der Waals surface area contributed by atoms with Gasteiger partial charge in [-0.15, -0.1) is 11.3 Å². The van der Waals surface area contributed by atoms with Gasteiger partial charge in [0.25, 0.3) is 5.91 Å². The summed E-state index contributed by atoms with van der Waals surface area (Å²) in [5, 5.41) is 10.1. The van der Waals surface area contributed by atoms with Crippen LogP contribution in [0.2, 0.25) is 0 Å². The molecule has 3 aromatic rings. The lowest BCUT2D eigenvalue weighted by Crippen LogP contribution is -2.29. The number of amides is 1. The van der Waals surface area contributed by atoms with Gasteiger partial charge in [0, 0.05) is 11.9 Å². The summed E-state index contributed by atoms with van der Waals surface area (Å²) < 4.78 is 1.83. The Hall–Kier alpha value is -2.51. The van der Waals surface area contributed by atoms with Crippen molar-refractivity contribution in [2.24, 2.45) is 0 Å². The van der Waals surface area contributed by atoms with Crippen LogP contribution >= 0.6 is 11.3 Å². The quantitative estimate of drug-likeness (QED) is 0.682. The molecule has 0 spiro atoms. The summed E-state index contributed by atoms with van der Waals surface area (Å²) in [6, 6.07) is 9.88. The van der Waals surface area contributed by atoms with Crippen LogP contribution in [0.15, 0.2) is 41.9 Å². The number of nitrogens with zero attached hydrogens (tertiary/aromatic N) is 4. The molecule has 2 aromatic heterocycles. The predicted molar refractivity (Wildman–Crippen MR) is 112 cm³/mol. The molecular formula is C21H25N5OS. The Morgan fingerprint density at radius 2 is 1.96 bits per heavy atom. The maximum Gasteiger partial charge on any atom is 0.260 e. The van der Waals surface area contributed by atoms with Crippen LogP contribution in [0.4, 0.5) is 5.13 Å². The summed E-state index contributed by atoms with van der Waals surface area (Å²) in [7, 11) is 0. The predicted octanol–water partition coefficient (Wildman–Crippen LogP) is 4.13. The van der Waals surface area contributed by atoms with Crippen molar-refractivity contribution in [1.29, 1.82) is 0 Å². The third-order valence-corrected chi connectivity index (χ3v) is 5.86. The van der Waals surface area contributed by atoms with Crippen molar-refractivity contribution < 1.29 is 4.79 Å². The van der Waals surface area contributed by atoms with E-state index in [0.29, 0.717) is 10.7 Å². The fraction of sp³-hybridized carbons (Fsp3) is 0.381. The average molecular weight is 396 g/mol. The molecule has 1 amide bonds. The zero-order chi connectivity index (χ0) is 19.3. The minimum absolute atomic E-state index is 0.155. The van der Waals surface area contributed by atoms with E-state index in [2.05, 4.69) is 20.3 Å². The fourth-order valence-corrected chi connectivity index (χ4v) is 4.34. The lowest BCUT2D eigenvalue weighted by atomic mass is 10.1. The van der Waals surface area contributed by atoms with Crippen LogP contribution in [0.3, 0.4) is 0 Å². The number of hydrogen-bond donors (Lipinski definition) is 1. The van der Waals surface area contributed by atoms with Gasteiger partial charge in [0.2, 0.25) is 0 Å². The van der Waals surface area contributed by atoms with Crippen LogP contribution in [-0.2, 0) is 13.0 Å². The van der Waals surface area contributed by atoms with Crippen molar-refractivity contribution >= 4 is 22.4 Å². The molecule has 1 aromatic carbocycles. The summed E-state index contributed by atoms with van der Waals surface area (Å²) >= 11 is 1.48. The maximum absolute atomic E-state index is 12.8. The lowest BCUT2D eigenvalue weighted by molar-refractivity contribution is 0.102. The molecule has 6 nitrogen and oxygen atoms in total. The number of likely N-dealkylation sites (tertiary alicyclic amines) is 1. The van der Waals surface area contributed by atoms with Crippen molar-refractivity contribution in [1.82, 2.24) is 19.7 Å². The van der Waals surface area contributed by atoms with Crippen molar-refractivity contribution in [2.45, 2.75) is 39.2 Å². The molecule has 28 heavy (non-hydrogen) atoms. The van der Waals surface area contributed by atoms with E-state index in [4.69, 9.17) is 0 Å². The van der Waals surface area contributed by atoms with E-state index < -0.39 is 0 Å². The Labute approximate surface area is 169 Å². The van der Waals surface area contributed by atoms with E-state index in [-0.39, 0.29) is 5.91 Å². The molecule has 0 atom stereocenters. The number of hydrogen-bond acceptors (Lipinski definition) is 5. The van der Waals surface area contributed by atoms with Gasteiger partial charge in [-0.3, -0.25) is 15.0 Å². The Kier molecular flexibility index (Phi) is 5.83. The molecule has 0 bridgehead atoms. The number of para-hydroxylation sites is 1. The Morgan fingerprint density at radius 1 is 1.18 bits per heavy atom. The second kappa shape index (κ2) is 8.67. The van der Waals surface area contributed by atoms with Gasteiger partial charge in [-0.25, -0.2) is 9.67 Å². The van der Waals surface area contributed by atoms with E-state index in [1.54, 1.807) is 6.20 Å². The molecule has 1 aliphatic heterocycles. The summed E-state index contributed by atoms with van der Waals surface area (Å²) in [5.74, 6) is -0.155. The number of carbonyl (C=O) groups is 1. The molecule has 1 aliphatic rings. The lowest BCUT2D eigenvalue weighted by Gasteiger charge is -2.25. The van der Waals surface area contributed by atoms with Gasteiger partial charge in [0.15, 0.2) is 5.13 Å². The first-order valence-electron chi connectivity index (χ1n) is 9.85. The number of benzene rings is 1. The minimum atomic E-state index is -0.155. The van der Waals surface area contributed by atoms with Gasteiger partial charge in [0.05, 0.1) is 28.8 Å². The molecule has 1 fully saturated rings. The highest BCUT2D eigenvalue weighted by atomic mass is 32.1. The molecule has 1 N–H and O–H groups in total. The van der Waals surface area contributed by atoms with E-state index in [1.165, 1.54) is 30.6 Å². The molecule has 1 saturated heterocycles. The number of rotatable bonds is 6. The van der Waals surface area contributed by atoms with Crippen LogP contribution in [0.1, 0.15) is 47.9 Å². The third kappa shape index (κ3) is 4.15. The van der Waals surface area contributed by atoms with Crippen molar-refractivity contribution in [3.05, 3.63) is 58.9 Å². The number of thiazole rings is 1. The standard InChI is InChI=1S/C21H25N5OS/c1-2-19-18(13-22-26(19)17-9-5-3-6-10-17)20(27)24-21-23-16(15-28-21)14-25-11-7-4-8-12-25/h3,5-6,9-10,13,15H,2,4,7-8,11-12,14H2,1H3,(H,23,24,27). The van der Waals surface area contributed by atoms with Gasteiger partial charge in [-0.05, 0) is 44.5 Å². The first-order chi connectivity index (χ1) is 13.7. The first kappa shape index (κ1) is 18.8. The van der Waals surface area contributed by atoms with E-state index in [0.717, 1.165) is 43.1 Å². The normalized spacial score (nSPS) is 14.9. The van der Waals surface area contributed by atoms with Crippen LogP contribution in [0, 0.1) is 0 Å². The van der Waals surface area contributed by atoms with Crippen molar-refractivity contribution in [2.75, 3.05) is 18.4 Å². The highest BCUT2D eigenvalue weighted by molar-refractivity contribution is 7.14. The minimum Gasteiger partial charge on any atom is -0.298 e. The van der Waals surface area contributed by atoms with Crippen LogP contribution < -0.4 is 5.32 Å². The summed E-state index contributed by atoms with van der Waals surface area (Å²) in [6.45, 7) is 5.17. The average Bonchev–Trinajstić information content (AvgIpc) is 3.36. The second-order valence-corrected chi connectivity index (χ2v) is 7.90. The van der Waals surface area contributed by atoms with E-state index in [9.17, 15) is 4.79 Å². The van der Waals surface area contributed by atoms with Crippen molar-refractivity contribution in [3.63, 3.8) is 0 Å². The maximum atomic E-state index is 12.8. The van der Waals surface area contributed by atoms with E-state index >= 15 is 0 Å². The molecular weight excluding hydrogens is 370 g/mol. The molecule has 0 saturated carbocycles. The number of carbonyl (C=O) groups excluding carboxylic acids is 1. The molecule has 7 heteroatoms. The van der Waals surface area contributed by atoms with Gasteiger partial charge < -0.3 is 0 Å². The number of anilines is 1. The highest BCUT2D eigenvalue weighted by Gasteiger charge is 2.19. The third-order valence-electron chi connectivity index (χ3n) is 5.06. The summed E-state index contributed by atoms with van der Waals surface area (Å²) in [5.41, 5.74) is 3.47. The Morgan fingerprint density at radius 3 is 2.71 bits per heavy atom. The smallest absolute Gasteiger partial charge is 0.260 e. The fourth-order valence-electron chi connectivity index (χ4n) is 3.64. The van der Waals surface area contributed by atoms with Gasteiger partial charge >= 0.3 is 0 Å². The first-order valence-corrected chi connectivity index (χ1v) is 10.7.